The smallest absolute Gasteiger partial charge is 0.104 e. The largest absolute Gasteiger partial charge is 0.389 e. The number of nitrogens with zero attached hydrogens (tertiary/aromatic N) is 2. The second-order valence-electron chi connectivity index (χ2n) is 9.02. The summed E-state index contributed by atoms with van der Waals surface area (Å²) in [6, 6.07) is -0.750. The standard InChI is InChI=1S/C21H28N2O3/c1-4-15-18(24)11-17-14-6-5-12-9-13(22-25)10-19(23-26)21(12,3)16(14)7-8-20(15,17)2/h4-6,13,16-19,24H,7-11H2,1-3H3/b15-4+/t13?,16?,17?,18-,19+,20-,21+/m1/s1. The predicted octanol–water partition coefficient (Wildman–Crippen LogP) is 4.67. The van der Waals surface area contributed by atoms with Crippen molar-refractivity contribution >= 4 is 0 Å². The Morgan fingerprint density at radius 2 is 1.92 bits per heavy atom. The van der Waals surface area contributed by atoms with Crippen LogP contribution in [0.25, 0.3) is 0 Å². The molecular weight excluding hydrogens is 328 g/mol. The molecule has 26 heavy (non-hydrogen) atoms. The zero-order valence-corrected chi connectivity index (χ0v) is 15.8. The van der Waals surface area contributed by atoms with Gasteiger partial charge in [0.15, 0.2) is 0 Å². The minimum atomic E-state index is -0.407. The quantitative estimate of drug-likeness (QED) is 0.577. The minimum Gasteiger partial charge on any atom is -0.389 e. The van der Waals surface area contributed by atoms with Crippen LogP contribution in [0.1, 0.15) is 52.9 Å². The highest BCUT2D eigenvalue weighted by atomic mass is 16.3. The third-order valence-electron chi connectivity index (χ3n) is 8.13. The monoisotopic (exact) mass is 356 g/mol. The van der Waals surface area contributed by atoms with E-state index in [0.717, 1.165) is 24.8 Å². The fourth-order valence-corrected chi connectivity index (χ4v) is 6.68. The van der Waals surface area contributed by atoms with E-state index in [0.29, 0.717) is 18.8 Å². The molecule has 0 aromatic rings. The van der Waals surface area contributed by atoms with E-state index in [1.54, 1.807) is 0 Å². The van der Waals surface area contributed by atoms with Crippen LogP contribution in [0.5, 0.6) is 0 Å². The molecule has 0 aromatic carbocycles. The first-order valence-corrected chi connectivity index (χ1v) is 9.81. The van der Waals surface area contributed by atoms with Crippen LogP contribution < -0.4 is 0 Å². The Morgan fingerprint density at radius 1 is 1.15 bits per heavy atom. The van der Waals surface area contributed by atoms with Crippen LogP contribution in [0, 0.1) is 32.5 Å². The number of hydrogen-bond acceptors (Lipinski definition) is 5. The summed E-state index contributed by atoms with van der Waals surface area (Å²) in [5.74, 6) is 0.575. The number of fused-ring (bicyclic) bond motifs is 5. The maximum atomic E-state index is 11.7. The van der Waals surface area contributed by atoms with Crippen molar-refractivity contribution in [1.82, 2.24) is 0 Å². The molecule has 0 spiro atoms. The Bertz CT molecular complexity index is 740. The predicted molar refractivity (Wildman–Crippen MR) is 101 cm³/mol. The first kappa shape index (κ1) is 17.8. The topological polar surface area (TPSA) is 79.1 Å². The highest BCUT2D eigenvalue weighted by Crippen LogP contribution is 2.65. The molecule has 7 atom stereocenters. The van der Waals surface area contributed by atoms with E-state index in [2.05, 4.69) is 42.4 Å². The van der Waals surface area contributed by atoms with Gasteiger partial charge >= 0.3 is 0 Å². The number of aliphatic hydroxyl groups excluding tert-OH is 1. The molecule has 3 unspecified atom stereocenters. The average molecular weight is 356 g/mol. The van der Waals surface area contributed by atoms with Crippen LogP contribution >= 0.6 is 0 Å². The molecule has 5 nitrogen and oxygen atoms in total. The summed E-state index contributed by atoms with van der Waals surface area (Å²) < 4.78 is 0. The normalized spacial score (nSPS) is 48.8. The third kappa shape index (κ3) is 2.13. The van der Waals surface area contributed by atoms with Gasteiger partial charge in [0, 0.05) is 11.8 Å². The molecule has 0 heterocycles. The Balaban J connectivity index is 1.79. The van der Waals surface area contributed by atoms with E-state index < -0.39 is 6.04 Å². The van der Waals surface area contributed by atoms with Crippen molar-refractivity contribution in [2.45, 2.75) is 71.1 Å². The molecule has 0 saturated heterocycles. The van der Waals surface area contributed by atoms with Gasteiger partial charge in [-0.3, -0.25) is 0 Å². The molecule has 0 aromatic heterocycles. The molecule has 5 heteroatoms. The summed E-state index contributed by atoms with van der Waals surface area (Å²) in [7, 11) is 0. The van der Waals surface area contributed by atoms with Gasteiger partial charge in [-0.25, -0.2) is 0 Å². The van der Waals surface area contributed by atoms with E-state index in [9.17, 15) is 14.9 Å². The number of aliphatic hydroxyl groups is 1. The first-order chi connectivity index (χ1) is 12.4. The highest BCUT2D eigenvalue weighted by molar-refractivity contribution is 5.43. The average Bonchev–Trinajstić information content (AvgIpc) is 2.90. The molecule has 4 aliphatic carbocycles. The zero-order chi connectivity index (χ0) is 18.7. The lowest BCUT2D eigenvalue weighted by Crippen LogP contribution is -2.51. The molecule has 3 saturated carbocycles. The Morgan fingerprint density at radius 3 is 2.58 bits per heavy atom. The van der Waals surface area contributed by atoms with Gasteiger partial charge in [-0.2, -0.15) is 9.81 Å². The number of hydrogen-bond donors (Lipinski definition) is 1. The minimum absolute atomic E-state index is 0.00383. The lowest BCUT2D eigenvalue weighted by atomic mass is 9.49. The van der Waals surface area contributed by atoms with E-state index in [1.807, 2.05) is 6.92 Å². The van der Waals surface area contributed by atoms with Crippen molar-refractivity contribution in [3.63, 3.8) is 0 Å². The van der Waals surface area contributed by atoms with Gasteiger partial charge in [-0.05, 0) is 55.4 Å². The Hall–Kier alpha value is -1.62. The number of rotatable bonds is 2. The molecule has 3 fully saturated rings. The lowest BCUT2D eigenvalue weighted by molar-refractivity contribution is 0.0947. The van der Waals surface area contributed by atoms with Crippen LogP contribution in [-0.4, -0.2) is 23.3 Å². The molecule has 4 rings (SSSR count). The maximum Gasteiger partial charge on any atom is 0.104 e. The Labute approximate surface area is 154 Å². The zero-order valence-electron chi connectivity index (χ0n) is 15.8. The van der Waals surface area contributed by atoms with Crippen LogP contribution in [0.2, 0.25) is 0 Å². The number of allylic oxidation sites excluding steroid dienone is 4. The Kier molecular flexibility index (Phi) is 4.07. The maximum absolute atomic E-state index is 11.7. The van der Waals surface area contributed by atoms with Crippen LogP contribution in [-0.2, 0) is 0 Å². The lowest BCUT2D eigenvalue weighted by Gasteiger charge is -2.55. The van der Waals surface area contributed by atoms with Crippen molar-refractivity contribution in [2.24, 2.45) is 33.0 Å². The second kappa shape index (κ2) is 5.95. The second-order valence-corrected chi connectivity index (χ2v) is 9.02. The van der Waals surface area contributed by atoms with E-state index in [4.69, 9.17) is 0 Å². The fourth-order valence-electron chi connectivity index (χ4n) is 6.68. The van der Waals surface area contributed by atoms with Crippen molar-refractivity contribution in [2.75, 3.05) is 0 Å². The number of nitroso groups, excluding NO2 is 2. The first-order valence-electron chi connectivity index (χ1n) is 9.81. The van der Waals surface area contributed by atoms with Crippen molar-refractivity contribution in [3.05, 3.63) is 44.8 Å². The van der Waals surface area contributed by atoms with Gasteiger partial charge < -0.3 is 5.11 Å². The summed E-state index contributed by atoms with van der Waals surface area (Å²) in [5, 5.41) is 17.3. The summed E-state index contributed by atoms with van der Waals surface area (Å²) in [5.41, 5.74) is 3.37. The van der Waals surface area contributed by atoms with Crippen LogP contribution in [0.4, 0.5) is 0 Å². The molecule has 1 N–H and O–H groups in total. The van der Waals surface area contributed by atoms with Crippen LogP contribution in [0.3, 0.4) is 0 Å². The molecule has 0 aliphatic heterocycles. The SMILES string of the molecule is C/C=C1\[C@H](O)CC2C3=CC=C4CC(N=O)C[C@H](N=O)[C@]4(C)C3CC[C@]12C. The fraction of sp³-hybridized carbons (Fsp3) is 0.714. The van der Waals surface area contributed by atoms with Gasteiger partial charge in [0.05, 0.1) is 12.1 Å². The van der Waals surface area contributed by atoms with E-state index in [1.165, 1.54) is 11.1 Å². The van der Waals surface area contributed by atoms with Gasteiger partial charge in [-0.15, -0.1) is 0 Å². The van der Waals surface area contributed by atoms with Gasteiger partial charge in [-0.1, -0.05) is 53.6 Å². The van der Waals surface area contributed by atoms with E-state index >= 15 is 0 Å². The van der Waals surface area contributed by atoms with Gasteiger partial charge in [0.25, 0.3) is 0 Å². The third-order valence-corrected chi connectivity index (χ3v) is 8.13. The van der Waals surface area contributed by atoms with E-state index in [-0.39, 0.29) is 28.9 Å². The van der Waals surface area contributed by atoms with Crippen LogP contribution in [0.15, 0.2) is 45.3 Å². The molecule has 0 bridgehead atoms. The van der Waals surface area contributed by atoms with Crippen molar-refractivity contribution in [3.8, 4) is 0 Å². The molecular formula is C21H28N2O3. The summed E-state index contributed by atoms with van der Waals surface area (Å²) in [6.07, 6.45) is 9.90. The summed E-state index contributed by atoms with van der Waals surface area (Å²) in [4.78, 5) is 22.8. The summed E-state index contributed by atoms with van der Waals surface area (Å²) in [6.45, 7) is 6.46. The van der Waals surface area contributed by atoms with Crippen molar-refractivity contribution < 1.29 is 5.11 Å². The van der Waals surface area contributed by atoms with Gasteiger partial charge in [0.1, 0.15) is 6.04 Å². The molecule has 0 amide bonds. The molecule has 140 valence electrons. The summed E-state index contributed by atoms with van der Waals surface area (Å²) >= 11 is 0. The van der Waals surface area contributed by atoms with Gasteiger partial charge in [0.2, 0.25) is 0 Å². The molecule has 4 aliphatic rings. The molecule has 0 radical (unpaired) electrons. The highest BCUT2D eigenvalue weighted by Gasteiger charge is 2.59. The van der Waals surface area contributed by atoms with Crippen molar-refractivity contribution in [1.29, 1.82) is 0 Å².